The van der Waals surface area contributed by atoms with E-state index in [2.05, 4.69) is 5.32 Å². The van der Waals surface area contributed by atoms with Crippen molar-refractivity contribution in [2.75, 3.05) is 13.2 Å². The highest BCUT2D eigenvalue weighted by Gasteiger charge is 2.34. The van der Waals surface area contributed by atoms with Crippen LogP contribution < -0.4 is 5.32 Å². The largest absolute Gasteiger partial charge is 0.444 e. The van der Waals surface area contributed by atoms with Crippen LogP contribution in [0.1, 0.15) is 56.2 Å². The summed E-state index contributed by atoms with van der Waals surface area (Å²) in [6, 6.07) is 9.90. The number of likely N-dealkylation sites (tertiary alicyclic amines) is 1. The highest BCUT2D eigenvalue weighted by Crippen LogP contribution is 2.39. The van der Waals surface area contributed by atoms with Crippen LogP contribution in [0.4, 0.5) is 9.18 Å². The first-order valence-corrected chi connectivity index (χ1v) is 12.7. The Morgan fingerprint density at radius 2 is 1.91 bits per heavy atom. The van der Waals surface area contributed by atoms with Gasteiger partial charge in [-0.15, -0.1) is 11.3 Å². The number of nitrogens with zero attached hydrogens (tertiary/aromatic N) is 1. The molecule has 0 saturated carbocycles. The van der Waals surface area contributed by atoms with Crippen molar-refractivity contribution in [3.8, 4) is 10.4 Å². The van der Waals surface area contributed by atoms with Gasteiger partial charge in [0.15, 0.2) is 4.84 Å². The number of aliphatic hydroxyl groups is 1. The van der Waals surface area contributed by atoms with E-state index in [4.69, 9.17) is 27.9 Å². The highest BCUT2D eigenvalue weighted by atomic mass is 35.5. The van der Waals surface area contributed by atoms with Gasteiger partial charge < -0.3 is 20.1 Å². The van der Waals surface area contributed by atoms with E-state index in [1.165, 1.54) is 0 Å². The minimum Gasteiger partial charge on any atom is -0.444 e. The lowest BCUT2D eigenvalue weighted by Gasteiger charge is -2.28. The number of ether oxygens (including phenoxy) is 1. The number of amides is 2. The highest BCUT2D eigenvalue weighted by molar-refractivity contribution is 7.15. The van der Waals surface area contributed by atoms with Gasteiger partial charge in [0.2, 0.25) is 0 Å². The summed E-state index contributed by atoms with van der Waals surface area (Å²) in [4.78, 5) is 26.8. The quantitative estimate of drug-likeness (QED) is 0.444. The second-order valence-corrected chi connectivity index (χ2v) is 11.4. The predicted octanol–water partition coefficient (Wildman–Crippen LogP) is 5.78. The molecule has 1 saturated heterocycles. The number of rotatable bonds is 7. The van der Waals surface area contributed by atoms with Gasteiger partial charge in [-0.05, 0) is 56.9 Å². The van der Waals surface area contributed by atoms with Gasteiger partial charge in [0.05, 0.1) is 12.1 Å². The van der Waals surface area contributed by atoms with E-state index in [1.54, 1.807) is 28.4 Å². The molecule has 1 aliphatic rings. The average Bonchev–Trinajstić information content (AvgIpc) is 3.45. The van der Waals surface area contributed by atoms with E-state index < -0.39 is 35.2 Å². The molecular weight excluding hydrogens is 502 g/mol. The smallest absolute Gasteiger partial charge is 0.410 e. The number of benzene rings is 1. The van der Waals surface area contributed by atoms with Crippen molar-refractivity contribution in [3.05, 3.63) is 46.8 Å². The van der Waals surface area contributed by atoms with Crippen molar-refractivity contribution in [2.24, 2.45) is 0 Å². The molecule has 2 heterocycles. The van der Waals surface area contributed by atoms with Crippen molar-refractivity contribution < 1.29 is 23.8 Å². The molecule has 10 heteroatoms. The van der Waals surface area contributed by atoms with E-state index >= 15 is 0 Å². The molecule has 0 bridgehead atoms. The molecule has 1 fully saturated rings. The molecule has 2 amide bonds. The van der Waals surface area contributed by atoms with Crippen molar-refractivity contribution in [3.63, 3.8) is 0 Å². The molecule has 186 valence electrons. The summed E-state index contributed by atoms with van der Waals surface area (Å²) in [7, 11) is 0. The zero-order valence-corrected chi connectivity index (χ0v) is 21.6. The first-order chi connectivity index (χ1) is 16.0. The number of thiophene rings is 1. The molecule has 1 aliphatic heterocycles. The van der Waals surface area contributed by atoms with Crippen LogP contribution in [-0.4, -0.2) is 51.7 Å². The molecule has 1 aromatic heterocycles. The van der Waals surface area contributed by atoms with Crippen LogP contribution in [0.3, 0.4) is 0 Å². The number of carbonyl (C=O) groups excluding carboxylic acids is 2. The molecule has 2 N–H and O–H groups in total. The van der Waals surface area contributed by atoms with Gasteiger partial charge in [-0.1, -0.05) is 47.5 Å². The van der Waals surface area contributed by atoms with Crippen LogP contribution >= 0.6 is 34.5 Å². The number of hydrogen-bond donors (Lipinski definition) is 2. The number of hydrogen-bond acceptors (Lipinski definition) is 5. The molecule has 34 heavy (non-hydrogen) atoms. The number of aliphatic hydroxyl groups excluding tert-OH is 1. The van der Waals surface area contributed by atoms with Crippen LogP contribution in [0, 0.1) is 0 Å². The number of halogens is 3. The van der Waals surface area contributed by atoms with Gasteiger partial charge in [0.25, 0.3) is 5.91 Å². The van der Waals surface area contributed by atoms with Crippen LogP contribution in [0.15, 0.2) is 36.4 Å². The van der Waals surface area contributed by atoms with Gasteiger partial charge in [-0.3, -0.25) is 4.79 Å². The van der Waals surface area contributed by atoms with Crippen LogP contribution in [0.25, 0.3) is 10.4 Å². The lowest BCUT2D eigenvalue weighted by Crippen LogP contribution is -2.43. The maximum Gasteiger partial charge on any atom is 0.410 e. The molecule has 0 aliphatic carbocycles. The summed E-state index contributed by atoms with van der Waals surface area (Å²) in [6.07, 6.45) is 0.248. The summed E-state index contributed by atoms with van der Waals surface area (Å²) in [5.41, 5.74) is 0.837. The van der Waals surface area contributed by atoms with E-state index in [1.807, 2.05) is 45.0 Å². The maximum absolute atomic E-state index is 13.4. The Kier molecular flexibility index (Phi) is 8.84. The van der Waals surface area contributed by atoms with Gasteiger partial charge in [-0.2, -0.15) is 0 Å². The fraction of sp³-hybridized carbons (Fsp3) is 0.500. The van der Waals surface area contributed by atoms with Crippen molar-refractivity contribution in [1.29, 1.82) is 0 Å². The number of carbonyl (C=O) groups is 2. The normalized spacial score (nSPS) is 18.1. The summed E-state index contributed by atoms with van der Waals surface area (Å²) < 4.78 is 19.0. The van der Waals surface area contributed by atoms with Crippen LogP contribution in [0.2, 0.25) is 0 Å². The minimum atomic E-state index is -1.34. The lowest BCUT2D eigenvalue weighted by molar-refractivity contribution is -0.121. The third-order valence-corrected chi connectivity index (χ3v) is 7.08. The molecule has 0 spiro atoms. The third-order valence-electron chi connectivity index (χ3n) is 5.45. The summed E-state index contributed by atoms with van der Waals surface area (Å²) in [6.45, 7) is 5.26. The third kappa shape index (κ3) is 6.62. The Bertz CT molecular complexity index is 994. The maximum atomic E-state index is 13.4. The second-order valence-electron chi connectivity index (χ2n) is 9.17. The van der Waals surface area contributed by atoms with Crippen molar-refractivity contribution in [2.45, 2.75) is 62.2 Å². The van der Waals surface area contributed by atoms with Gasteiger partial charge in [0, 0.05) is 16.3 Å². The Balaban J connectivity index is 1.71. The topological polar surface area (TPSA) is 78.9 Å². The van der Waals surface area contributed by atoms with Gasteiger partial charge in [-0.25, -0.2) is 9.18 Å². The Morgan fingerprint density at radius 3 is 2.50 bits per heavy atom. The molecule has 2 aromatic rings. The van der Waals surface area contributed by atoms with Crippen molar-refractivity contribution >= 4 is 46.5 Å². The standard InChI is InChI=1S/C24H29Cl2FN2O4S/c1-24(2,3)33-23(32)29-12-4-5-17(29)19-11-10-18(34-19)14-6-8-15(9-7-14)20(30)16(13-27)28-22(31)21(25)26/h6-11,16-17,20-21,30H,4-5,12-13H2,1-3H3,(H,28,31)/t16-,17?,20-/m1/s1. The average molecular weight is 531 g/mol. The van der Waals surface area contributed by atoms with E-state index in [9.17, 15) is 19.1 Å². The SMILES string of the molecule is CC(C)(C)OC(=O)N1CCCC1c1ccc(-c2ccc([C@@H](O)[C@@H](CF)NC(=O)C(Cl)Cl)cc2)s1. The fourth-order valence-corrected chi connectivity index (χ4v) is 5.10. The predicted molar refractivity (Wildman–Crippen MR) is 133 cm³/mol. The zero-order valence-electron chi connectivity index (χ0n) is 19.3. The lowest BCUT2D eigenvalue weighted by atomic mass is 10.0. The summed E-state index contributed by atoms with van der Waals surface area (Å²) in [5, 5.41) is 12.8. The summed E-state index contributed by atoms with van der Waals surface area (Å²) in [5.74, 6) is -0.764. The Hall–Kier alpha value is -1.87. The van der Waals surface area contributed by atoms with E-state index in [0.717, 1.165) is 28.2 Å². The van der Waals surface area contributed by atoms with Gasteiger partial charge >= 0.3 is 6.09 Å². The Labute approximate surface area is 213 Å². The zero-order chi connectivity index (χ0) is 25.0. The molecule has 1 unspecified atom stereocenters. The molecule has 3 atom stereocenters. The summed E-state index contributed by atoms with van der Waals surface area (Å²) >= 11 is 12.6. The second kappa shape index (κ2) is 11.2. The molecule has 6 nitrogen and oxygen atoms in total. The van der Waals surface area contributed by atoms with E-state index in [-0.39, 0.29) is 12.1 Å². The van der Waals surface area contributed by atoms with Gasteiger partial charge in [0.1, 0.15) is 18.4 Å². The molecule has 0 radical (unpaired) electrons. The molecular formula is C24H29Cl2FN2O4S. The first kappa shape index (κ1) is 26.7. The van der Waals surface area contributed by atoms with Crippen LogP contribution in [0.5, 0.6) is 0 Å². The molecule has 3 rings (SSSR count). The number of alkyl halides is 3. The first-order valence-electron chi connectivity index (χ1n) is 11.0. The minimum absolute atomic E-state index is 0.0173. The molecule has 1 aromatic carbocycles. The Morgan fingerprint density at radius 1 is 1.24 bits per heavy atom. The van der Waals surface area contributed by atoms with E-state index in [0.29, 0.717) is 12.1 Å². The number of nitrogens with one attached hydrogen (secondary N) is 1. The monoisotopic (exact) mass is 530 g/mol. The van der Waals surface area contributed by atoms with Crippen molar-refractivity contribution in [1.82, 2.24) is 10.2 Å². The van der Waals surface area contributed by atoms with Crippen LogP contribution in [-0.2, 0) is 9.53 Å². The fourth-order valence-electron chi connectivity index (χ4n) is 3.81.